The molecule has 2 N–H and O–H groups in total. The number of aliphatic hydroxyl groups excluding tert-OH is 1. The first-order valence-electron chi connectivity index (χ1n) is 4.42. The van der Waals surface area contributed by atoms with Gasteiger partial charge in [0.1, 0.15) is 12.2 Å². The van der Waals surface area contributed by atoms with Gasteiger partial charge in [0.05, 0.1) is 0 Å². The van der Waals surface area contributed by atoms with E-state index >= 15 is 0 Å². The first-order chi connectivity index (χ1) is 6.65. The quantitative estimate of drug-likeness (QED) is 0.678. The van der Waals surface area contributed by atoms with Crippen LogP contribution in [0.3, 0.4) is 0 Å². The van der Waals surface area contributed by atoms with E-state index in [9.17, 15) is 4.79 Å². The topological polar surface area (TPSA) is 88.2 Å². The average molecular weight is 199 g/mol. The highest BCUT2D eigenvalue weighted by Gasteiger charge is 2.13. The average Bonchev–Trinajstić information content (AvgIpc) is 2.60. The number of hydrogen-bond donors (Lipinski definition) is 2. The normalized spacial score (nSPS) is 12.7. The molecule has 0 radical (unpaired) electrons. The van der Waals surface area contributed by atoms with Crippen LogP contribution < -0.4 is 0 Å². The number of carboxylic acid groups (broad SMARTS) is 1. The van der Waals surface area contributed by atoms with Gasteiger partial charge in [-0.05, 0) is 0 Å². The number of hydrogen-bond acceptors (Lipinski definition) is 4. The molecule has 0 aliphatic carbocycles. The van der Waals surface area contributed by atoms with Gasteiger partial charge in [-0.3, -0.25) is 0 Å². The monoisotopic (exact) mass is 199 g/mol. The largest absolute Gasteiger partial charge is 0.479 e. The van der Waals surface area contributed by atoms with E-state index in [-0.39, 0.29) is 6.42 Å². The summed E-state index contributed by atoms with van der Waals surface area (Å²) in [5, 5.41) is 25.0. The standard InChI is InChI=1S/C8H13N3O3/c1-2-7-10-9-5-11(7)4-3-6(12)8(13)14/h5-6,12H,2-4H2,1H3,(H,13,14). The molecule has 0 saturated carbocycles. The Hall–Kier alpha value is -1.43. The van der Waals surface area contributed by atoms with E-state index in [1.807, 2.05) is 6.92 Å². The molecule has 0 spiro atoms. The Labute approximate surface area is 81.2 Å². The van der Waals surface area contributed by atoms with E-state index in [0.29, 0.717) is 6.54 Å². The lowest BCUT2D eigenvalue weighted by Gasteiger charge is -2.07. The van der Waals surface area contributed by atoms with E-state index in [4.69, 9.17) is 10.2 Å². The number of aliphatic hydroxyl groups is 1. The second kappa shape index (κ2) is 4.71. The molecule has 0 bridgehead atoms. The van der Waals surface area contributed by atoms with Gasteiger partial charge >= 0.3 is 5.97 Å². The summed E-state index contributed by atoms with van der Waals surface area (Å²) in [4.78, 5) is 10.3. The van der Waals surface area contributed by atoms with Gasteiger partial charge in [-0.25, -0.2) is 4.79 Å². The predicted molar refractivity (Wildman–Crippen MR) is 47.7 cm³/mol. The molecule has 1 heterocycles. The molecule has 6 heteroatoms. The smallest absolute Gasteiger partial charge is 0.332 e. The summed E-state index contributed by atoms with van der Waals surface area (Å²) in [6, 6.07) is 0. The van der Waals surface area contributed by atoms with Gasteiger partial charge in [-0.15, -0.1) is 10.2 Å². The SMILES string of the molecule is CCc1nncn1CCC(O)C(=O)O. The lowest BCUT2D eigenvalue weighted by molar-refractivity contribution is -0.147. The van der Waals surface area contributed by atoms with Gasteiger partial charge in [0.25, 0.3) is 0 Å². The number of carboxylic acids is 1. The van der Waals surface area contributed by atoms with Crippen molar-refractivity contribution in [2.24, 2.45) is 0 Å². The van der Waals surface area contributed by atoms with Crippen molar-refractivity contribution in [3.05, 3.63) is 12.2 Å². The number of aryl methyl sites for hydroxylation is 2. The Balaban J connectivity index is 2.49. The van der Waals surface area contributed by atoms with E-state index in [1.54, 1.807) is 4.57 Å². The predicted octanol–water partition coefficient (Wildman–Crippen LogP) is -0.324. The first-order valence-corrected chi connectivity index (χ1v) is 4.42. The minimum atomic E-state index is -1.32. The molecule has 0 aliphatic heterocycles. The molecule has 0 fully saturated rings. The Morgan fingerprint density at radius 3 is 3.00 bits per heavy atom. The zero-order valence-electron chi connectivity index (χ0n) is 7.92. The molecule has 0 aromatic carbocycles. The van der Waals surface area contributed by atoms with Crippen LogP contribution in [0.2, 0.25) is 0 Å². The van der Waals surface area contributed by atoms with E-state index in [1.165, 1.54) is 6.33 Å². The van der Waals surface area contributed by atoms with Crippen molar-refractivity contribution in [1.82, 2.24) is 14.8 Å². The lowest BCUT2D eigenvalue weighted by Crippen LogP contribution is -2.21. The Bertz CT molecular complexity index is 311. The van der Waals surface area contributed by atoms with Crippen LogP contribution in [0, 0.1) is 0 Å². The molecule has 78 valence electrons. The highest BCUT2D eigenvalue weighted by atomic mass is 16.4. The first kappa shape index (κ1) is 10.6. The molecule has 0 amide bonds. The van der Waals surface area contributed by atoms with Crippen LogP contribution >= 0.6 is 0 Å². The summed E-state index contributed by atoms with van der Waals surface area (Å²) in [6.07, 6.45) is 1.12. The molecule has 14 heavy (non-hydrogen) atoms. The summed E-state index contributed by atoms with van der Waals surface area (Å²) in [6.45, 7) is 2.36. The lowest BCUT2D eigenvalue weighted by atomic mass is 10.2. The summed E-state index contributed by atoms with van der Waals surface area (Å²) in [5.41, 5.74) is 0. The van der Waals surface area contributed by atoms with Crippen molar-refractivity contribution in [3.8, 4) is 0 Å². The third-order valence-corrected chi connectivity index (χ3v) is 1.94. The number of rotatable bonds is 5. The fourth-order valence-electron chi connectivity index (χ4n) is 1.12. The summed E-state index contributed by atoms with van der Waals surface area (Å²) in [7, 11) is 0. The van der Waals surface area contributed by atoms with E-state index in [0.717, 1.165) is 12.2 Å². The third kappa shape index (κ3) is 2.53. The van der Waals surface area contributed by atoms with Gasteiger partial charge in [0.2, 0.25) is 0 Å². The van der Waals surface area contributed by atoms with Crippen LogP contribution in [0.4, 0.5) is 0 Å². The molecular formula is C8H13N3O3. The van der Waals surface area contributed by atoms with Crippen molar-refractivity contribution < 1.29 is 15.0 Å². The van der Waals surface area contributed by atoms with Crippen LogP contribution in [0.25, 0.3) is 0 Å². The van der Waals surface area contributed by atoms with Crippen LogP contribution in [-0.4, -0.2) is 37.1 Å². The van der Waals surface area contributed by atoms with Crippen molar-refractivity contribution in [1.29, 1.82) is 0 Å². The molecule has 1 rings (SSSR count). The van der Waals surface area contributed by atoms with Gasteiger partial charge < -0.3 is 14.8 Å². The van der Waals surface area contributed by atoms with E-state index in [2.05, 4.69) is 10.2 Å². The second-order valence-corrected chi connectivity index (χ2v) is 2.94. The zero-order chi connectivity index (χ0) is 10.6. The molecule has 1 aromatic rings. The molecular weight excluding hydrogens is 186 g/mol. The van der Waals surface area contributed by atoms with Crippen molar-refractivity contribution in [2.45, 2.75) is 32.4 Å². The van der Waals surface area contributed by atoms with Crippen molar-refractivity contribution >= 4 is 5.97 Å². The maximum Gasteiger partial charge on any atom is 0.332 e. The molecule has 6 nitrogen and oxygen atoms in total. The number of carbonyl (C=O) groups is 1. The summed E-state index contributed by atoms with van der Waals surface area (Å²) >= 11 is 0. The highest BCUT2D eigenvalue weighted by molar-refractivity contribution is 5.71. The summed E-state index contributed by atoms with van der Waals surface area (Å²) < 4.78 is 1.74. The van der Waals surface area contributed by atoms with Crippen molar-refractivity contribution in [2.75, 3.05) is 0 Å². The molecule has 1 unspecified atom stereocenters. The van der Waals surface area contributed by atoms with Crippen LogP contribution in [0.5, 0.6) is 0 Å². The van der Waals surface area contributed by atoms with E-state index < -0.39 is 12.1 Å². The van der Waals surface area contributed by atoms with Crippen molar-refractivity contribution in [3.63, 3.8) is 0 Å². The van der Waals surface area contributed by atoms with Gasteiger partial charge in [-0.1, -0.05) is 6.92 Å². The number of aromatic nitrogens is 3. The molecule has 1 atom stereocenters. The van der Waals surface area contributed by atoms with Crippen LogP contribution in [0.15, 0.2) is 6.33 Å². The fourth-order valence-corrected chi connectivity index (χ4v) is 1.12. The Morgan fingerprint density at radius 1 is 1.71 bits per heavy atom. The minimum absolute atomic E-state index is 0.167. The highest BCUT2D eigenvalue weighted by Crippen LogP contribution is 2.00. The molecule has 0 saturated heterocycles. The van der Waals surface area contributed by atoms with Crippen LogP contribution in [-0.2, 0) is 17.8 Å². The fraction of sp³-hybridized carbons (Fsp3) is 0.625. The van der Waals surface area contributed by atoms with Gasteiger partial charge in [0.15, 0.2) is 6.10 Å². The van der Waals surface area contributed by atoms with Gasteiger partial charge in [0, 0.05) is 19.4 Å². The molecule has 0 aliphatic rings. The maximum atomic E-state index is 10.3. The minimum Gasteiger partial charge on any atom is -0.479 e. The second-order valence-electron chi connectivity index (χ2n) is 2.94. The third-order valence-electron chi connectivity index (χ3n) is 1.94. The number of aliphatic carboxylic acids is 1. The summed E-state index contributed by atoms with van der Waals surface area (Å²) in [5.74, 6) is -0.404. The maximum absolute atomic E-state index is 10.3. The van der Waals surface area contributed by atoms with Crippen LogP contribution in [0.1, 0.15) is 19.2 Å². The van der Waals surface area contributed by atoms with Gasteiger partial charge in [-0.2, -0.15) is 0 Å². The Morgan fingerprint density at radius 2 is 2.43 bits per heavy atom. The Kier molecular flexibility index (Phi) is 3.58. The zero-order valence-corrected chi connectivity index (χ0v) is 7.92. The molecule has 1 aromatic heterocycles. The number of nitrogens with zero attached hydrogens (tertiary/aromatic N) is 3.